The Bertz CT molecular complexity index is 5030. The molecule has 6 saturated heterocycles. The minimum Gasteiger partial charge on any atom is -0.346 e. The number of carbonyl (C=O) groups is 2. The highest BCUT2D eigenvalue weighted by Gasteiger charge is 2.50. The minimum atomic E-state index is -0.991. The lowest BCUT2D eigenvalue weighted by atomic mass is 9.80. The van der Waals surface area contributed by atoms with E-state index in [9.17, 15) is 14.8 Å². The number of hydrogen-bond donors (Lipinski definition) is 5. The molecular formula is C93H106N12O4S2. The van der Waals surface area contributed by atoms with Crippen molar-refractivity contribution in [2.45, 2.75) is 198 Å². The normalized spacial score (nSPS) is 20.6. The number of thiophene rings is 2. The molecule has 4 atom stereocenters. The lowest BCUT2D eigenvalue weighted by Crippen LogP contribution is -2.46. The van der Waals surface area contributed by atoms with Gasteiger partial charge < -0.3 is 29.6 Å². The molecular weight excluding hydrogens is 1410 g/mol. The summed E-state index contributed by atoms with van der Waals surface area (Å²) < 4.78 is 0. The van der Waals surface area contributed by atoms with Crippen LogP contribution >= 0.6 is 22.7 Å². The molecule has 0 spiro atoms. The van der Waals surface area contributed by atoms with Gasteiger partial charge in [-0.05, 0) is 230 Å². The number of nitrogens with zero attached hydrogens (tertiary/aromatic N) is 8. The first kappa shape index (κ1) is 75.3. The molecule has 12 heterocycles. The van der Waals surface area contributed by atoms with Gasteiger partial charge in [-0.15, -0.1) is 22.7 Å². The summed E-state index contributed by atoms with van der Waals surface area (Å²) in [6, 6.07) is 59.5. The van der Waals surface area contributed by atoms with Crippen LogP contribution in [0.5, 0.6) is 0 Å². The summed E-state index contributed by atoms with van der Waals surface area (Å²) in [5.74, 6) is 2.53. The number of H-pyrrole nitrogens is 2. The molecule has 0 aliphatic carbocycles. The van der Waals surface area contributed by atoms with E-state index in [1.165, 1.54) is 60.8 Å². The molecule has 16 nitrogen and oxygen atoms in total. The highest BCUT2D eigenvalue weighted by Crippen LogP contribution is 2.50. The van der Waals surface area contributed by atoms with E-state index in [1.54, 1.807) is 22.7 Å². The summed E-state index contributed by atoms with van der Waals surface area (Å²) in [5, 5.41) is 12.5. The van der Waals surface area contributed by atoms with E-state index in [4.69, 9.17) is 14.8 Å². The standard InChI is InChI=1S/C56H60N6O2S.C37H46N6O2S/c1-37-31-38(2)33-42(32-37)51-50(48-34-49(65-52(48)59-51)55(4,5)53(63)62-46-21-22-47(62)24-23-46)39(3)35-58-54(61-30-27-41(36-61)40-25-28-57-29-26-40)60-64-56(43-15-9-6-10-16-43,44-17-11-7-12-18-44)45-19-13-8-14-20-45;1-22-16-23(2)18-27(17-22)33-32(24(3)20-39-36(41-45)42-15-12-26(21-42)25-10-13-38-14-11-25)30-19-31(46-34(30)40-33)37(4,5)35(44)43-28-6-7-29(43)9-8-28/h6-20,25-26,28-29,31-34,39,41,46-47,59H,21-24,27,30,35-36H2,1-5H3,(H,58,60);10-11,13-14,16-19,24,26,28-29,40,45H,6-9,12,15,20-21H2,1-5H3,(H,39,41)/t39-,41?,46?,47?;24-,26?,28?,29?/m11/s1. The number of pyridine rings is 2. The van der Waals surface area contributed by atoms with E-state index < -0.39 is 16.4 Å². The van der Waals surface area contributed by atoms with Gasteiger partial charge in [0.2, 0.25) is 23.7 Å². The second kappa shape index (κ2) is 31.4. The van der Waals surface area contributed by atoms with Gasteiger partial charge in [-0.1, -0.05) is 139 Å². The van der Waals surface area contributed by atoms with Gasteiger partial charge in [0.15, 0.2) is 5.60 Å². The molecule has 0 radical (unpaired) electrons. The number of aromatic amines is 2. The third kappa shape index (κ3) is 14.7. The first-order chi connectivity index (χ1) is 53.7. The Morgan fingerprint density at radius 1 is 0.505 bits per heavy atom. The van der Waals surface area contributed by atoms with Gasteiger partial charge >= 0.3 is 0 Å². The monoisotopic (exact) mass is 1520 g/mol. The van der Waals surface area contributed by atoms with Crippen molar-refractivity contribution in [3.63, 3.8) is 0 Å². The summed E-state index contributed by atoms with van der Waals surface area (Å²) in [6.07, 6.45) is 18.6. The lowest BCUT2D eigenvalue weighted by molar-refractivity contribution is -0.138. The SMILES string of the molecule is Cc1cc(C)cc(-c2[nH]c3sc(C(C)(C)C(=O)N4C5CCC4CC5)cc3c2[C@H](C)CN=C(NO)N2CCC(c3ccncc3)C2)c1.Cc1cc(C)cc(-c2[nH]c3sc(C(C)(C)C(=O)N4C5CCC4CC5)cc3c2[C@H](C)CN=C(NOC(c2ccccc2)(c2ccccc2)c2ccccc2)N2CCC(c3ccncc3)C2)c1. The molecule has 5 N–H and O–H groups in total. The Morgan fingerprint density at radius 2 is 0.856 bits per heavy atom. The van der Waals surface area contributed by atoms with Crippen LogP contribution in [0.2, 0.25) is 0 Å². The summed E-state index contributed by atoms with van der Waals surface area (Å²) in [5.41, 5.74) is 21.2. The Labute approximate surface area is 661 Å². The lowest BCUT2D eigenvalue weighted by Gasteiger charge is -2.36. The number of rotatable bonds is 19. The van der Waals surface area contributed by atoms with Crippen molar-refractivity contribution in [3.05, 3.63) is 260 Å². The molecule has 5 aromatic carbocycles. The molecule has 6 aliphatic heterocycles. The van der Waals surface area contributed by atoms with Crippen LogP contribution in [0.4, 0.5) is 0 Å². The fourth-order valence-corrected chi connectivity index (χ4v) is 21.6. The van der Waals surface area contributed by atoms with Crippen LogP contribution in [-0.4, -0.2) is 132 Å². The minimum absolute atomic E-state index is 0.00721. The molecule has 6 aromatic heterocycles. The Balaban J connectivity index is 0.000000179. The van der Waals surface area contributed by atoms with Crippen LogP contribution in [0, 0.1) is 27.7 Å². The number of fused-ring (bicyclic) bond motifs is 6. The van der Waals surface area contributed by atoms with Gasteiger partial charge in [0, 0.05) is 132 Å². The molecule has 2 amide bonds. The zero-order chi connectivity index (χ0) is 76.9. The summed E-state index contributed by atoms with van der Waals surface area (Å²) in [7, 11) is 0. The van der Waals surface area contributed by atoms with Crippen LogP contribution in [0.1, 0.15) is 200 Å². The molecule has 18 heteroatoms. The number of amides is 2. The summed E-state index contributed by atoms with van der Waals surface area (Å²) >= 11 is 3.45. The highest BCUT2D eigenvalue weighted by molar-refractivity contribution is 7.19. The topological polar surface area (TPSA) is 183 Å². The van der Waals surface area contributed by atoms with Gasteiger partial charge in [-0.25, -0.2) is 11.0 Å². The maximum absolute atomic E-state index is 14.4. The predicted molar refractivity (Wildman–Crippen MR) is 450 cm³/mol. The van der Waals surface area contributed by atoms with Crippen molar-refractivity contribution in [1.29, 1.82) is 0 Å². The van der Waals surface area contributed by atoms with E-state index >= 15 is 0 Å². The fraction of sp³-hybridized carbons (Fsp3) is 0.398. The first-order valence-corrected chi connectivity index (χ1v) is 41.9. The van der Waals surface area contributed by atoms with Crippen LogP contribution in [0.15, 0.2) is 199 Å². The number of benzene rings is 5. The van der Waals surface area contributed by atoms with E-state index in [-0.39, 0.29) is 23.7 Å². The Hall–Kier alpha value is -9.72. The maximum atomic E-state index is 14.4. The summed E-state index contributed by atoms with van der Waals surface area (Å²) in [4.78, 5) is 75.7. The van der Waals surface area contributed by atoms with Crippen molar-refractivity contribution in [2.75, 3.05) is 39.3 Å². The molecule has 17 rings (SSSR count). The fourth-order valence-electron chi connectivity index (χ4n) is 19.2. The number of carbonyl (C=O) groups excluding carboxylic acids is 2. The molecule has 111 heavy (non-hydrogen) atoms. The third-order valence-electron chi connectivity index (χ3n) is 25.0. The van der Waals surface area contributed by atoms with Gasteiger partial charge in [-0.3, -0.25) is 39.6 Å². The zero-order valence-corrected chi connectivity index (χ0v) is 67.5. The second-order valence-electron chi connectivity index (χ2n) is 33.5. The van der Waals surface area contributed by atoms with Crippen LogP contribution in [-0.2, 0) is 30.9 Å². The summed E-state index contributed by atoms with van der Waals surface area (Å²) in [6.45, 7) is 25.8. The number of hydroxylamine groups is 2. The van der Waals surface area contributed by atoms with E-state index in [1.807, 2.05) is 43.0 Å². The van der Waals surface area contributed by atoms with Crippen molar-refractivity contribution in [3.8, 4) is 22.5 Å². The van der Waals surface area contributed by atoms with Gasteiger partial charge in [0.1, 0.15) is 9.66 Å². The number of aryl methyl sites for hydroxylation is 4. The molecule has 6 fully saturated rings. The molecule has 574 valence electrons. The van der Waals surface area contributed by atoms with E-state index in [0.29, 0.717) is 61.0 Å². The van der Waals surface area contributed by atoms with E-state index in [2.05, 4.69) is 265 Å². The van der Waals surface area contributed by atoms with Crippen LogP contribution in [0.25, 0.3) is 42.9 Å². The number of nitrogens with one attached hydrogen (secondary N) is 4. The van der Waals surface area contributed by atoms with Crippen molar-refractivity contribution >= 4 is 66.8 Å². The average molecular weight is 1520 g/mol. The first-order valence-electron chi connectivity index (χ1n) is 40.3. The van der Waals surface area contributed by atoms with Gasteiger partial charge in [0.05, 0.1) is 22.2 Å². The second-order valence-corrected chi connectivity index (χ2v) is 35.6. The molecule has 4 bridgehead atoms. The molecule has 11 aromatic rings. The molecule has 2 unspecified atom stereocenters. The van der Waals surface area contributed by atoms with Crippen molar-refractivity contribution in [2.24, 2.45) is 9.98 Å². The number of hydrogen-bond acceptors (Lipinski definition) is 10. The van der Waals surface area contributed by atoms with E-state index in [0.717, 1.165) is 143 Å². The quantitative estimate of drug-likeness (QED) is 0.0226. The van der Waals surface area contributed by atoms with Gasteiger partial charge in [-0.2, -0.15) is 0 Å². The molecule has 0 saturated carbocycles. The highest BCUT2D eigenvalue weighted by atomic mass is 32.1. The van der Waals surface area contributed by atoms with Crippen molar-refractivity contribution in [1.82, 2.24) is 50.5 Å². The number of likely N-dealkylation sites (tertiary alicyclic amines) is 2. The number of guanidine groups is 2. The number of aromatic nitrogens is 4. The zero-order valence-electron chi connectivity index (χ0n) is 65.9. The van der Waals surface area contributed by atoms with Crippen LogP contribution < -0.4 is 11.0 Å². The van der Waals surface area contributed by atoms with Crippen LogP contribution in [0.3, 0.4) is 0 Å². The largest absolute Gasteiger partial charge is 0.346 e. The Morgan fingerprint density at radius 3 is 1.22 bits per heavy atom. The molecule has 6 aliphatic rings. The predicted octanol–water partition coefficient (Wildman–Crippen LogP) is 19.1. The van der Waals surface area contributed by atoms with Gasteiger partial charge in [0.25, 0.3) is 0 Å². The Kier molecular flexibility index (Phi) is 21.3. The maximum Gasteiger partial charge on any atom is 0.233 e. The number of aliphatic imine (C=N–C) groups is 2. The average Bonchev–Trinajstić information content (AvgIpc) is 1.66. The van der Waals surface area contributed by atoms with Crippen molar-refractivity contribution < 1.29 is 19.6 Å². The smallest absolute Gasteiger partial charge is 0.233 e. The third-order valence-corrected chi connectivity index (χ3v) is 27.8.